The molecule has 3 rings (SSSR count). The van der Waals surface area contributed by atoms with Crippen molar-refractivity contribution in [3.05, 3.63) is 92.9 Å². The number of hydrogen-bond acceptors (Lipinski definition) is 12. The molecule has 0 spiro atoms. The zero-order valence-electron chi connectivity index (χ0n) is 28.6. The van der Waals surface area contributed by atoms with Crippen LogP contribution >= 0.6 is 12.2 Å². The van der Waals surface area contributed by atoms with Crippen molar-refractivity contribution >= 4 is 39.8 Å². The predicted octanol–water partition coefficient (Wildman–Crippen LogP) is 3.14. The number of carbonyl (C=O) groups is 1. The molecular formula is C33H42Co2N4O9S2. The molecular weight excluding hydrogens is 778 g/mol. The van der Waals surface area contributed by atoms with Crippen LogP contribution in [-0.4, -0.2) is 59.1 Å². The number of ether oxygens (including phenoxy) is 2. The van der Waals surface area contributed by atoms with E-state index in [2.05, 4.69) is 36.7 Å². The first kappa shape index (κ1) is 51.0. The van der Waals surface area contributed by atoms with Gasteiger partial charge in [0.1, 0.15) is 11.5 Å². The molecule has 0 aliphatic rings. The van der Waals surface area contributed by atoms with E-state index >= 15 is 0 Å². The van der Waals surface area contributed by atoms with E-state index < -0.39 is 21.7 Å². The van der Waals surface area contributed by atoms with Crippen LogP contribution < -0.4 is 35.4 Å². The Balaban J connectivity index is -0.000000871. The van der Waals surface area contributed by atoms with Gasteiger partial charge in [0.05, 0.1) is 24.1 Å². The third-order valence-corrected chi connectivity index (χ3v) is 5.85. The first-order valence-electron chi connectivity index (χ1n) is 14.6. The van der Waals surface area contributed by atoms with Gasteiger partial charge in [0.2, 0.25) is 0 Å². The number of nitro benzene ring substituents is 1. The van der Waals surface area contributed by atoms with Gasteiger partial charge in [-0.3, -0.25) is 14.3 Å². The minimum absolute atomic E-state index is 0. The first-order valence-corrected chi connectivity index (χ1v) is 17.0. The molecule has 0 heterocycles. The van der Waals surface area contributed by atoms with Crippen LogP contribution in [0.3, 0.4) is 0 Å². The number of nitro groups is 1. The molecule has 0 fully saturated rings. The Morgan fingerprint density at radius 3 is 1.62 bits per heavy atom. The van der Waals surface area contributed by atoms with E-state index in [9.17, 15) is 34.4 Å². The minimum Gasteiger partial charge on any atom is -0.870 e. The molecule has 0 bridgehead atoms. The minimum atomic E-state index is -1.42. The van der Waals surface area contributed by atoms with Crippen molar-refractivity contribution < 1.29 is 72.3 Å². The van der Waals surface area contributed by atoms with Crippen LogP contribution in [0.1, 0.15) is 49.2 Å². The Kier molecular flexibility index (Phi) is 28.9. The van der Waals surface area contributed by atoms with Crippen LogP contribution in [0.25, 0.3) is 5.41 Å². The Hall–Kier alpha value is -3.39. The number of para-hydroxylation sites is 2. The Labute approximate surface area is 322 Å². The number of carboxylic acid groups (broad SMARTS) is 1. The summed E-state index contributed by atoms with van der Waals surface area (Å²) in [7, 11) is -0.611. The molecule has 0 aromatic heterocycles. The van der Waals surface area contributed by atoms with E-state index in [4.69, 9.17) is 14.9 Å². The molecule has 0 aliphatic heterocycles. The van der Waals surface area contributed by atoms with Crippen molar-refractivity contribution in [3.8, 4) is 23.0 Å². The van der Waals surface area contributed by atoms with E-state index in [1.807, 2.05) is 38.1 Å². The summed E-state index contributed by atoms with van der Waals surface area (Å²) in [4.78, 5) is 19.7. The van der Waals surface area contributed by atoms with E-state index in [1.54, 1.807) is 24.6 Å². The summed E-state index contributed by atoms with van der Waals surface area (Å²) >= 11 is 3.70. The molecule has 2 radical (unpaired) electrons. The number of carbonyl (C=O) groups excluding carboxylic acids is 1. The van der Waals surface area contributed by atoms with Gasteiger partial charge < -0.3 is 45.6 Å². The number of rotatable bonds is 14. The zero-order valence-corrected chi connectivity index (χ0v) is 32.3. The molecule has 0 atom stereocenters. The summed E-state index contributed by atoms with van der Waals surface area (Å²) in [6.07, 6.45) is 3.28. The van der Waals surface area contributed by atoms with Gasteiger partial charge in [-0.15, -0.1) is 0 Å². The molecule has 0 unspecified atom stereocenters. The summed E-state index contributed by atoms with van der Waals surface area (Å²) in [6, 6.07) is 15.4. The van der Waals surface area contributed by atoms with Gasteiger partial charge in [-0.05, 0) is 42.5 Å². The fourth-order valence-corrected chi connectivity index (χ4v) is 3.82. The fourth-order valence-electron chi connectivity index (χ4n) is 3.82. The summed E-state index contributed by atoms with van der Waals surface area (Å²) in [6.45, 7) is 11.4. The summed E-state index contributed by atoms with van der Waals surface area (Å²) in [5, 5.41) is 60.3. The average molecular weight is 821 g/mol. The number of aromatic carboxylic acids is 1. The van der Waals surface area contributed by atoms with Crippen LogP contribution in [0.4, 0.5) is 5.69 Å². The molecule has 3 aromatic carbocycles. The molecule has 3 aromatic rings. The second-order valence-corrected chi connectivity index (χ2v) is 12.3. The van der Waals surface area contributed by atoms with Gasteiger partial charge in [-0.25, -0.2) is 0 Å². The molecule has 50 heavy (non-hydrogen) atoms. The van der Waals surface area contributed by atoms with Crippen molar-refractivity contribution in [1.29, 1.82) is 0 Å². The number of isothiocyanates is 1. The SMILES string of the molecule is CCOc1cccc(CNCC(C)(C)CNCc2cccc(OCC)c2[O-])c1[O-].CS(C)=O.O=C([O-])c1cccc([N+](=O)[O-])c1.[Co+2].[Co+2].[N-]=C=S. The van der Waals surface area contributed by atoms with E-state index in [0.29, 0.717) is 48.9 Å². The predicted molar refractivity (Wildman–Crippen MR) is 185 cm³/mol. The van der Waals surface area contributed by atoms with Crippen molar-refractivity contribution in [2.75, 3.05) is 38.8 Å². The number of non-ortho nitro benzene ring substituents is 1. The fraction of sp³-hybridized carbons (Fsp3) is 0.394. The third-order valence-electron chi connectivity index (χ3n) is 5.85. The second-order valence-electron chi connectivity index (χ2n) is 10.7. The topological polar surface area (TPSA) is 211 Å². The van der Waals surface area contributed by atoms with E-state index in [-0.39, 0.29) is 61.7 Å². The standard InChI is InChI=1S/C23H34N2O4.C7H5NO4.C2H6OS.CNS.2Co/c1-5-28-19-11-7-9-17(21(19)26)13-24-15-23(3,4)16-25-14-18-10-8-12-20(22(18)27)29-6-2;9-7(10)5-2-1-3-6(4-5)8(11)12;1-4(2)3;2-1-3;;/h7-12,24-27H,5-6,13-16H2,1-4H3;1-4H,(H,9,10);1-2H3;;;/q;;;-1;2*+2/p-3. The number of nitrogens with zero attached hydrogens (tertiary/aromatic N) is 2. The molecule has 278 valence electrons. The maximum absolute atomic E-state index is 12.3. The largest absolute Gasteiger partial charge is 2.00 e. The van der Waals surface area contributed by atoms with Crippen molar-refractivity contribution in [2.24, 2.45) is 5.41 Å². The number of carboxylic acids is 1. The Bertz CT molecular complexity index is 1410. The first-order chi connectivity index (χ1) is 22.6. The Morgan fingerprint density at radius 2 is 1.28 bits per heavy atom. The zero-order chi connectivity index (χ0) is 36.7. The van der Waals surface area contributed by atoms with Gasteiger partial charge in [0.15, 0.2) is 0 Å². The quantitative estimate of drug-likeness (QED) is 0.104. The third kappa shape index (κ3) is 21.6. The molecule has 13 nitrogen and oxygen atoms in total. The van der Waals surface area contributed by atoms with Gasteiger partial charge in [0, 0.05) is 67.2 Å². The molecule has 2 N–H and O–H groups in total. The maximum atomic E-state index is 12.3. The van der Waals surface area contributed by atoms with Gasteiger partial charge >= 0.3 is 33.6 Å². The molecule has 0 aliphatic carbocycles. The van der Waals surface area contributed by atoms with Crippen LogP contribution in [0.5, 0.6) is 23.0 Å². The Morgan fingerprint density at radius 1 is 0.900 bits per heavy atom. The van der Waals surface area contributed by atoms with Crippen LogP contribution in [0, 0.1) is 15.5 Å². The summed E-state index contributed by atoms with van der Waals surface area (Å²) in [5.74, 6) is -0.741. The van der Waals surface area contributed by atoms with Gasteiger partial charge in [-0.1, -0.05) is 74.0 Å². The molecule has 0 amide bonds. The van der Waals surface area contributed by atoms with Crippen molar-refractivity contribution in [1.82, 2.24) is 10.6 Å². The van der Waals surface area contributed by atoms with E-state index in [1.165, 1.54) is 23.4 Å². The van der Waals surface area contributed by atoms with Crippen molar-refractivity contribution in [3.63, 3.8) is 0 Å². The van der Waals surface area contributed by atoms with Crippen molar-refractivity contribution in [2.45, 2.75) is 40.8 Å². The monoisotopic (exact) mass is 820 g/mol. The molecule has 0 saturated heterocycles. The number of nitrogens with one attached hydrogen (secondary N) is 2. The average Bonchev–Trinajstić information content (AvgIpc) is 3.01. The number of thiocarbonyl (C=S) groups is 1. The number of benzene rings is 3. The molecule has 17 heteroatoms. The summed E-state index contributed by atoms with van der Waals surface area (Å²) < 4.78 is 20.3. The van der Waals surface area contributed by atoms with Crippen LogP contribution in [0.2, 0.25) is 0 Å². The second kappa shape index (κ2) is 28.3. The summed E-state index contributed by atoms with van der Waals surface area (Å²) in [5.41, 5.74) is 0.897. The van der Waals surface area contributed by atoms with Crippen LogP contribution in [-0.2, 0) is 57.4 Å². The number of hydrogen-bond donors (Lipinski definition) is 2. The smallest absolute Gasteiger partial charge is 0.870 e. The van der Waals surface area contributed by atoms with E-state index in [0.717, 1.165) is 19.2 Å². The normalized spacial score (nSPS) is 9.74. The van der Waals surface area contributed by atoms with Crippen LogP contribution in [0.15, 0.2) is 60.7 Å². The van der Waals surface area contributed by atoms with Gasteiger partial charge in [-0.2, -0.15) is 5.16 Å². The molecule has 0 saturated carbocycles. The van der Waals surface area contributed by atoms with Gasteiger partial charge in [0.25, 0.3) is 5.69 Å². The maximum Gasteiger partial charge on any atom is 2.00 e.